The maximum atomic E-state index is 13.4. The molecule has 4 nitrogen and oxygen atoms in total. The lowest BCUT2D eigenvalue weighted by molar-refractivity contribution is 0.489. The first kappa shape index (κ1) is 19.2. The summed E-state index contributed by atoms with van der Waals surface area (Å²) < 4.78 is 65.0. The maximum Gasteiger partial charge on any atom is 0.246 e. The lowest BCUT2D eigenvalue weighted by Crippen LogP contribution is -2.39. The van der Waals surface area contributed by atoms with Gasteiger partial charge in [-0.15, -0.1) is 12.4 Å². The van der Waals surface area contributed by atoms with Crippen molar-refractivity contribution >= 4 is 22.4 Å². The molecule has 116 valence electrons. The lowest BCUT2D eigenvalue weighted by atomic mass is 10.3. The van der Waals surface area contributed by atoms with E-state index in [0.29, 0.717) is 18.7 Å². The molecule has 20 heavy (non-hydrogen) atoms. The molecule has 0 heterocycles. The number of sulfonamides is 1. The van der Waals surface area contributed by atoms with Crippen LogP contribution < -0.4 is 10.0 Å². The molecule has 1 aromatic rings. The summed E-state index contributed by atoms with van der Waals surface area (Å²) in [4.78, 5) is -1.17. The zero-order valence-electron chi connectivity index (χ0n) is 10.9. The Hall–Kier alpha value is -0.830. The van der Waals surface area contributed by atoms with Gasteiger partial charge in [-0.25, -0.2) is 26.3 Å². The first-order valence-corrected chi connectivity index (χ1v) is 7.13. The minimum Gasteiger partial charge on any atom is -0.313 e. The van der Waals surface area contributed by atoms with Crippen molar-refractivity contribution in [2.24, 2.45) is 0 Å². The van der Waals surface area contributed by atoms with E-state index in [1.54, 1.807) is 6.92 Å². The summed E-state index contributed by atoms with van der Waals surface area (Å²) in [6, 6.07) is 0.447. The molecule has 0 aliphatic carbocycles. The number of likely N-dealkylation sites (N-methyl/N-ethyl adjacent to an activating group) is 1. The van der Waals surface area contributed by atoms with Gasteiger partial charge in [0.05, 0.1) is 0 Å². The number of nitrogens with one attached hydrogen (secondary N) is 2. The van der Waals surface area contributed by atoms with Gasteiger partial charge in [0.1, 0.15) is 17.5 Å². The average Bonchev–Trinajstić information content (AvgIpc) is 2.25. The van der Waals surface area contributed by atoms with E-state index < -0.39 is 32.4 Å². The molecule has 0 aliphatic heterocycles. The number of rotatable bonds is 6. The highest BCUT2D eigenvalue weighted by molar-refractivity contribution is 7.89. The molecule has 9 heteroatoms. The van der Waals surface area contributed by atoms with Crippen molar-refractivity contribution in [2.45, 2.75) is 24.8 Å². The number of benzene rings is 1. The highest BCUT2D eigenvalue weighted by atomic mass is 35.5. The SMILES string of the molecule is CCN[C@H](C)CNS(=O)(=O)c1c(F)cc(F)cc1F.Cl. The Morgan fingerprint density at radius 3 is 2.15 bits per heavy atom. The van der Waals surface area contributed by atoms with E-state index in [4.69, 9.17) is 0 Å². The summed E-state index contributed by atoms with van der Waals surface area (Å²) in [6.45, 7) is 4.14. The third-order valence-electron chi connectivity index (χ3n) is 2.36. The van der Waals surface area contributed by atoms with E-state index in [1.807, 2.05) is 6.92 Å². The smallest absolute Gasteiger partial charge is 0.246 e. The second-order valence-corrected chi connectivity index (χ2v) is 5.71. The summed E-state index contributed by atoms with van der Waals surface area (Å²) in [7, 11) is -4.36. The van der Waals surface area contributed by atoms with Crippen LogP contribution in [0.4, 0.5) is 13.2 Å². The molecule has 0 spiro atoms. The van der Waals surface area contributed by atoms with Crippen LogP contribution in [0.3, 0.4) is 0 Å². The molecular weight excluding hydrogens is 317 g/mol. The molecule has 2 N–H and O–H groups in total. The molecule has 1 atom stereocenters. The molecule has 0 saturated heterocycles. The number of halogens is 4. The van der Waals surface area contributed by atoms with Crippen molar-refractivity contribution in [3.05, 3.63) is 29.6 Å². The molecule has 0 fully saturated rings. The van der Waals surface area contributed by atoms with E-state index in [1.165, 1.54) is 0 Å². The highest BCUT2D eigenvalue weighted by Crippen LogP contribution is 2.19. The fourth-order valence-electron chi connectivity index (χ4n) is 1.51. The van der Waals surface area contributed by atoms with Gasteiger partial charge in [0.25, 0.3) is 0 Å². The summed E-state index contributed by atoms with van der Waals surface area (Å²) in [5.41, 5.74) is 0. The predicted molar refractivity (Wildman–Crippen MR) is 71.9 cm³/mol. The van der Waals surface area contributed by atoms with Crippen LogP contribution in [0.25, 0.3) is 0 Å². The molecule has 0 bridgehead atoms. The Bertz CT molecular complexity index is 532. The van der Waals surface area contributed by atoms with Gasteiger partial charge >= 0.3 is 0 Å². The Morgan fingerprint density at radius 2 is 1.70 bits per heavy atom. The molecule has 0 radical (unpaired) electrons. The molecule has 0 aliphatic rings. The van der Waals surface area contributed by atoms with Crippen molar-refractivity contribution in [2.75, 3.05) is 13.1 Å². The van der Waals surface area contributed by atoms with Gasteiger partial charge in [-0.05, 0) is 13.5 Å². The molecule has 0 aromatic heterocycles. The second-order valence-electron chi connectivity index (χ2n) is 4.01. The van der Waals surface area contributed by atoms with Crippen molar-refractivity contribution < 1.29 is 21.6 Å². The molecule has 1 aromatic carbocycles. The lowest BCUT2D eigenvalue weighted by Gasteiger charge is -2.14. The molecule has 0 unspecified atom stereocenters. The number of hydrogen-bond acceptors (Lipinski definition) is 3. The Kier molecular flexibility index (Phi) is 7.50. The summed E-state index contributed by atoms with van der Waals surface area (Å²) in [5, 5.41) is 2.93. The summed E-state index contributed by atoms with van der Waals surface area (Å²) >= 11 is 0. The minimum atomic E-state index is -4.36. The van der Waals surface area contributed by atoms with Gasteiger partial charge in [-0.1, -0.05) is 6.92 Å². The highest BCUT2D eigenvalue weighted by Gasteiger charge is 2.25. The van der Waals surface area contributed by atoms with Crippen molar-refractivity contribution in [1.82, 2.24) is 10.0 Å². The third-order valence-corrected chi connectivity index (χ3v) is 3.84. The topological polar surface area (TPSA) is 58.2 Å². The van der Waals surface area contributed by atoms with E-state index >= 15 is 0 Å². The third kappa shape index (κ3) is 4.93. The van der Waals surface area contributed by atoms with Crippen LogP contribution in [0.15, 0.2) is 17.0 Å². The van der Waals surface area contributed by atoms with Crippen LogP contribution in [0, 0.1) is 17.5 Å². The summed E-state index contributed by atoms with van der Waals surface area (Å²) in [6.07, 6.45) is 0. The van der Waals surface area contributed by atoms with Crippen LogP contribution in [-0.2, 0) is 10.0 Å². The van der Waals surface area contributed by atoms with E-state index in [-0.39, 0.29) is 25.0 Å². The molecule has 0 amide bonds. The largest absolute Gasteiger partial charge is 0.313 e. The first-order chi connectivity index (χ1) is 8.77. The van der Waals surface area contributed by atoms with Crippen molar-refractivity contribution in [1.29, 1.82) is 0 Å². The monoisotopic (exact) mass is 332 g/mol. The van der Waals surface area contributed by atoms with E-state index in [0.717, 1.165) is 0 Å². The van der Waals surface area contributed by atoms with Crippen LogP contribution in [0.1, 0.15) is 13.8 Å². The van der Waals surface area contributed by atoms with Gasteiger partial charge in [-0.3, -0.25) is 0 Å². The summed E-state index contributed by atoms with van der Waals surface area (Å²) in [5.74, 6) is -4.09. The Balaban J connectivity index is 0.00000361. The van der Waals surface area contributed by atoms with Crippen LogP contribution in [-0.4, -0.2) is 27.5 Å². The van der Waals surface area contributed by atoms with Gasteiger partial charge in [0, 0.05) is 24.7 Å². The van der Waals surface area contributed by atoms with Crippen LogP contribution >= 0.6 is 12.4 Å². The van der Waals surface area contributed by atoms with Crippen LogP contribution in [0.5, 0.6) is 0 Å². The molecule has 1 rings (SSSR count). The van der Waals surface area contributed by atoms with Crippen molar-refractivity contribution in [3.8, 4) is 0 Å². The Labute approximate surface area is 122 Å². The second kappa shape index (κ2) is 7.82. The Morgan fingerprint density at radius 1 is 1.20 bits per heavy atom. The zero-order valence-corrected chi connectivity index (χ0v) is 12.5. The van der Waals surface area contributed by atoms with Gasteiger partial charge < -0.3 is 5.32 Å². The minimum absolute atomic E-state index is 0. The molecular formula is C11H16ClF3N2O2S. The van der Waals surface area contributed by atoms with Crippen molar-refractivity contribution in [3.63, 3.8) is 0 Å². The standard InChI is InChI=1S/C11H15F3N2O2S.ClH/c1-3-15-7(2)6-16-19(17,18)11-9(13)4-8(12)5-10(11)14;/h4-5,7,15-16H,3,6H2,1-2H3;1H/t7-;/m1./s1. The fourth-order valence-corrected chi connectivity index (χ4v) is 2.76. The predicted octanol–water partition coefficient (Wildman–Crippen LogP) is 1.80. The van der Waals surface area contributed by atoms with Gasteiger partial charge in [0.2, 0.25) is 10.0 Å². The van der Waals surface area contributed by atoms with E-state index in [9.17, 15) is 21.6 Å². The number of hydrogen-bond donors (Lipinski definition) is 2. The van der Waals surface area contributed by atoms with Gasteiger partial charge in [-0.2, -0.15) is 0 Å². The molecule has 0 saturated carbocycles. The van der Waals surface area contributed by atoms with Gasteiger partial charge in [0.15, 0.2) is 4.90 Å². The quantitative estimate of drug-likeness (QED) is 0.835. The zero-order chi connectivity index (χ0) is 14.6. The average molecular weight is 333 g/mol. The fraction of sp³-hybridized carbons (Fsp3) is 0.455. The normalized spacial score (nSPS) is 12.8. The van der Waals surface area contributed by atoms with E-state index in [2.05, 4.69) is 10.0 Å². The maximum absolute atomic E-state index is 13.4. The van der Waals surface area contributed by atoms with Crippen LogP contribution in [0.2, 0.25) is 0 Å². The first-order valence-electron chi connectivity index (χ1n) is 5.65.